The Morgan fingerprint density at radius 1 is 0.548 bits per heavy atom. The quantitative estimate of drug-likeness (QED) is 0.275. The largest absolute Gasteiger partial charge is 0.504 e. The fourth-order valence-corrected chi connectivity index (χ4v) is 1.78. The predicted octanol–water partition coefficient (Wildman–Crippen LogP) is 6.66. The summed E-state index contributed by atoms with van der Waals surface area (Å²) in [5.74, 6) is -56.3. The van der Waals surface area contributed by atoms with Crippen LogP contribution in [0.25, 0.3) is 5.83 Å². The van der Waals surface area contributed by atoms with Crippen molar-refractivity contribution in [3.8, 4) is 5.75 Å². The van der Waals surface area contributed by atoms with E-state index in [1.165, 1.54) is 0 Å². The van der Waals surface area contributed by atoms with E-state index in [0.717, 1.165) is 0 Å². The van der Waals surface area contributed by atoms with Crippen LogP contribution >= 0.6 is 0 Å². The Morgan fingerprint density at radius 2 is 0.935 bits per heavy atom. The molecule has 0 aliphatic rings. The maximum Gasteiger partial charge on any atom is 0.460 e. The van der Waals surface area contributed by atoms with Gasteiger partial charge in [-0.2, -0.15) is 52.7 Å². The van der Waals surface area contributed by atoms with Gasteiger partial charge in [-0.1, -0.05) is 0 Å². The van der Waals surface area contributed by atoms with Gasteiger partial charge >= 0.3 is 29.9 Å². The van der Waals surface area contributed by atoms with Gasteiger partial charge in [-0.3, -0.25) is 0 Å². The van der Waals surface area contributed by atoms with Crippen LogP contribution in [0.1, 0.15) is 5.56 Å². The smallest absolute Gasteiger partial charge is 0.460 e. The summed E-state index contributed by atoms with van der Waals surface area (Å²) in [6.07, 6.45) is -7.64. The SMILES string of the molecule is Oc1c(F)c(F)c(F)c(F)c1C(F)=C(F)C(F)(F)C(F)(F)C(F)(F)C(F)(F)C(F)(F)F. The molecule has 0 atom stereocenters. The molecule has 0 aliphatic carbocycles. The zero-order chi connectivity index (χ0) is 25.1. The van der Waals surface area contributed by atoms with Gasteiger partial charge in [0.1, 0.15) is 0 Å². The van der Waals surface area contributed by atoms with Crippen molar-refractivity contribution in [3.63, 3.8) is 0 Å². The van der Waals surface area contributed by atoms with Crippen LogP contribution in [0.5, 0.6) is 5.75 Å². The van der Waals surface area contributed by atoms with Gasteiger partial charge in [0.15, 0.2) is 23.2 Å². The Balaban J connectivity index is 3.84. The van der Waals surface area contributed by atoms with Crippen molar-refractivity contribution in [2.45, 2.75) is 29.9 Å². The Hall–Kier alpha value is -2.43. The topological polar surface area (TPSA) is 20.2 Å². The lowest BCUT2D eigenvalue weighted by molar-refractivity contribution is -0.419. The third-order valence-electron chi connectivity index (χ3n) is 3.47. The maximum atomic E-state index is 13.7. The van der Waals surface area contributed by atoms with E-state index in [1.807, 2.05) is 0 Å². The minimum atomic E-state index is -8.20. The number of aromatic hydroxyl groups is 1. The summed E-state index contributed by atoms with van der Waals surface area (Å²) in [5, 5.41) is 8.86. The monoisotopic (exact) mass is 496 g/mol. The fourth-order valence-electron chi connectivity index (χ4n) is 1.78. The molecule has 1 aromatic carbocycles. The molecule has 1 aromatic rings. The maximum absolute atomic E-state index is 13.7. The molecule has 0 fully saturated rings. The third kappa shape index (κ3) is 3.52. The summed E-state index contributed by atoms with van der Waals surface area (Å²) in [7, 11) is 0. The molecular formula is C13HF17O. The molecule has 0 saturated heterocycles. The highest BCUT2D eigenvalue weighted by Crippen LogP contribution is 2.59. The number of alkyl halides is 11. The summed E-state index contributed by atoms with van der Waals surface area (Å²) in [5.41, 5.74) is -3.14. The lowest BCUT2D eigenvalue weighted by atomic mass is 9.96. The van der Waals surface area contributed by atoms with Gasteiger partial charge in [0.05, 0.1) is 5.56 Å². The van der Waals surface area contributed by atoms with Crippen LogP contribution in [0.2, 0.25) is 0 Å². The zero-order valence-corrected chi connectivity index (χ0v) is 13.4. The van der Waals surface area contributed by atoms with Gasteiger partial charge < -0.3 is 5.11 Å². The van der Waals surface area contributed by atoms with Crippen molar-refractivity contribution in [1.29, 1.82) is 0 Å². The first-order chi connectivity index (χ1) is 13.5. The minimum absolute atomic E-state index is 2.92. The van der Waals surface area contributed by atoms with Gasteiger partial charge in [0.25, 0.3) is 0 Å². The highest BCUT2D eigenvalue weighted by Gasteiger charge is 2.88. The molecule has 0 heterocycles. The van der Waals surface area contributed by atoms with Gasteiger partial charge in [0, 0.05) is 0 Å². The molecule has 0 radical (unpaired) electrons. The molecule has 31 heavy (non-hydrogen) atoms. The van der Waals surface area contributed by atoms with Crippen molar-refractivity contribution >= 4 is 5.83 Å². The molecule has 18 heteroatoms. The Bertz CT molecular complexity index is 881. The predicted molar refractivity (Wildman–Crippen MR) is 62.9 cm³/mol. The van der Waals surface area contributed by atoms with Gasteiger partial charge in [0.2, 0.25) is 17.5 Å². The van der Waals surface area contributed by atoms with Gasteiger partial charge in [-0.05, 0) is 0 Å². The van der Waals surface area contributed by atoms with Crippen LogP contribution in [0.3, 0.4) is 0 Å². The number of phenols is 1. The van der Waals surface area contributed by atoms with Crippen LogP contribution in [0.15, 0.2) is 5.83 Å². The number of allylic oxidation sites excluding steroid dienone is 1. The van der Waals surface area contributed by atoms with Crippen LogP contribution < -0.4 is 0 Å². The van der Waals surface area contributed by atoms with E-state index in [4.69, 9.17) is 5.11 Å². The number of phenolic OH excluding ortho intramolecular Hbond substituents is 1. The summed E-state index contributed by atoms with van der Waals surface area (Å²) in [4.78, 5) is 0. The first-order valence-corrected chi connectivity index (χ1v) is 6.69. The van der Waals surface area contributed by atoms with Crippen molar-refractivity contribution < 1.29 is 79.7 Å². The molecule has 0 amide bonds. The van der Waals surface area contributed by atoms with Gasteiger partial charge in [-0.15, -0.1) is 0 Å². The van der Waals surface area contributed by atoms with Crippen LogP contribution in [-0.4, -0.2) is 35.0 Å². The Labute approximate surface area is 157 Å². The van der Waals surface area contributed by atoms with E-state index < -0.39 is 76.1 Å². The second kappa shape index (κ2) is 7.32. The normalized spacial score (nSPS) is 15.3. The van der Waals surface area contributed by atoms with Gasteiger partial charge in [-0.25, -0.2) is 22.0 Å². The molecule has 0 bridgehead atoms. The molecule has 0 unspecified atom stereocenters. The van der Waals surface area contributed by atoms with E-state index in [1.54, 1.807) is 0 Å². The average molecular weight is 496 g/mol. The van der Waals surface area contributed by atoms with Crippen LogP contribution in [-0.2, 0) is 0 Å². The van der Waals surface area contributed by atoms with Crippen molar-refractivity contribution in [2.75, 3.05) is 0 Å². The highest BCUT2D eigenvalue weighted by molar-refractivity contribution is 5.68. The molecule has 0 aromatic heterocycles. The Morgan fingerprint density at radius 3 is 1.32 bits per heavy atom. The van der Waals surface area contributed by atoms with E-state index in [9.17, 15) is 74.6 Å². The average Bonchev–Trinajstić information content (AvgIpc) is 2.62. The molecule has 1 N–H and O–H groups in total. The van der Waals surface area contributed by atoms with E-state index in [-0.39, 0.29) is 0 Å². The summed E-state index contributed by atoms with van der Waals surface area (Å²) in [6.45, 7) is 0. The van der Waals surface area contributed by atoms with E-state index >= 15 is 0 Å². The summed E-state index contributed by atoms with van der Waals surface area (Å²) < 4.78 is 220. The minimum Gasteiger partial charge on any atom is -0.504 e. The van der Waals surface area contributed by atoms with E-state index in [0.29, 0.717) is 0 Å². The molecular weight excluding hydrogens is 495 g/mol. The Kier molecular flexibility index (Phi) is 6.28. The van der Waals surface area contributed by atoms with Crippen molar-refractivity contribution in [1.82, 2.24) is 0 Å². The fraction of sp³-hybridized carbons (Fsp3) is 0.385. The molecule has 1 nitrogen and oxygen atoms in total. The number of benzene rings is 1. The summed E-state index contributed by atoms with van der Waals surface area (Å²) in [6, 6.07) is 0. The number of hydrogen-bond acceptors (Lipinski definition) is 1. The number of rotatable bonds is 5. The third-order valence-corrected chi connectivity index (χ3v) is 3.47. The first kappa shape index (κ1) is 26.6. The second-order valence-corrected chi connectivity index (χ2v) is 5.40. The molecule has 0 aliphatic heterocycles. The zero-order valence-electron chi connectivity index (χ0n) is 13.4. The lowest BCUT2D eigenvalue weighted by Crippen LogP contribution is -2.66. The van der Waals surface area contributed by atoms with E-state index in [2.05, 4.69) is 0 Å². The molecule has 178 valence electrons. The molecule has 1 rings (SSSR count). The molecule has 0 saturated carbocycles. The first-order valence-electron chi connectivity index (χ1n) is 6.69. The summed E-state index contributed by atoms with van der Waals surface area (Å²) >= 11 is 0. The van der Waals surface area contributed by atoms with Crippen LogP contribution in [0, 0.1) is 23.3 Å². The standard InChI is InChI=1S/C13HF17O/c14-2-1(7(31)6(18)5(17)4(2)16)3(15)8(19)9(20,21)10(22,23)11(24,25)12(26,27)13(28,29)30/h31H. The highest BCUT2D eigenvalue weighted by atomic mass is 19.4. The lowest BCUT2D eigenvalue weighted by Gasteiger charge is -2.36. The molecule has 0 spiro atoms. The number of halogens is 17. The van der Waals surface area contributed by atoms with Crippen LogP contribution in [0.4, 0.5) is 74.6 Å². The van der Waals surface area contributed by atoms with Crippen molar-refractivity contribution in [2.24, 2.45) is 0 Å². The second-order valence-electron chi connectivity index (χ2n) is 5.40. The van der Waals surface area contributed by atoms with Crippen molar-refractivity contribution in [3.05, 3.63) is 34.7 Å². The number of hydrogen-bond donors (Lipinski definition) is 1.